The van der Waals surface area contributed by atoms with Gasteiger partial charge in [0.05, 0.1) is 0 Å². The second-order valence-corrected chi connectivity index (χ2v) is 2.69. The normalized spacial score (nSPS) is 14.3. The molecule has 0 saturated carbocycles. The Morgan fingerprint density at radius 1 is 1.40 bits per heavy atom. The summed E-state index contributed by atoms with van der Waals surface area (Å²) in [5.74, 6) is 0. The molecule has 0 fully saturated rings. The third kappa shape index (κ3) is 5.83. The molecule has 0 aromatic heterocycles. The zero-order valence-corrected chi connectivity index (χ0v) is 7.14. The number of rotatable bonds is 5. The Morgan fingerprint density at radius 3 is 2.60 bits per heavy atom. The molecule has 0 bridgehead atoms. The summed E-state index contributed by atoms with van der Waals surface area (Å²) in [6, 6.07) is 0.288. The highest BCUT2D eigenvalue weighted by molar-refractivity contribution is 4.88. The van der Waals surface area contributed by atoms with Crippen LogP contribution in [0.1, 0.15) is 39.5 Å². The van der Waals surface area contributed by atoms with E-state index in [1.54, 1.807) is 0 Å². The molecule has 0 spiro atoms. The zero-order chi connectivity index (χ0) is 7.82. The second-order valence-electron chi connectivity index (χ2n) is 2.69. The summed E-state index contributed by atoms with van der Waals surface area (Å²) in [7, 11) is 0. The van der Waals surface area contributed by atoms with Gasteiger partial charge in [0.1, 0.15) is 0 Å². The van der Waals surface area contributed by atoms with Gasteiger partial charge in [-0.25, -0.2) is 0 Å². The summed E-state index contributed by atoms with van der Waals surface area (Å²) in [5, 5.41) is 0. The summed E-state index contributed by atoms with van der Waals surface area (Å²) in [5.41, 5.74) is 5.74. The molecule has 0 heterocycles. The zero-order valence-electron chi connectivity index (χ0n) is 7.14. The van der Waals surface area contributed by atoms with Crippen LogP contribution in [0.5, 0.6) is 0 Å². The van der Waals surface area contributed by atoms with E-state index in [9.17, 15) is 0 Å². The smallest absolute Gasteiger partial charge is 0.0223 e. The van der Waals surface area contributed by atoms with Gasteiger partial charge in [0, 0.05) is 6.04 Å². The first-order valence-corrected chi connectivity index (χ1v) is 4.19. The first-order valence-electron chi connectivity index (χ1n) is 4.19. The molecule has 0 aromatic carbocycles. The van der Waals surface area contributed by atoms with Crippen LogP contribution in [0.25, 0.3) is 0 Å². The Hall–Kier alpha value is -0.300. The van der Waals surface area contributed by atoms with Gasteiger partial charge in [-0.05, 0) is 13.3 Å². The minimum Gasteiger partial charge on any atom is -0.324 e. The molecule has 0 aliphatic carbocycles. The average Bonchev–Trinajstić information content (AvgIpc) is 1.89. The van der Waals surface area contributed by atoms with Crippen molar-refractivity contribution >= 4 is 0 Å². The predicted octanol–water partition coefficient (Wildman–Crippen LogP) is 2.47. The summed E-state index contributed by atoms with van der Waals surface area (Å²) >= 11 is 0. The van der Waals surface area contributed by atoms with Crippen molar-refractivity contribution in [3.8, 4) is 0 Å². The number of hydrogen-bond acceptors (Lipinski definition) is 1. The van der Waals surface area contributed by atoms with E-state index in [1.807, 2.05) is 13.0 Å². The molecule has 0 rings (SSSR count). The van der Waals surface area contributed by atoms with E-state index in [4.69, 9.17) is 5.73 Å². The van der Waals surface area contributed by atoms with E-state index in [0.717, 1.165) is 6.42 Å². The summed E-state index contributed by atoms with van der Waals surface area (Å²) in [6.07, 6.45) is 9.08. The van der Waals surface area contributed by atoms with Crippen LogP contribution < -0.4 is 5.73 Å². The van der Waals surface area contributed by atoms with E-state index < -0.39 is 0 Å². The number of allylic oxidation sites excluding steroid dienone is 1. The molecule has 0 radical (unpaired) electrons. The number of hydrogen-bond donors (Lipinski definition) is 1. The van der Waals surface area contributed by atoms with E-state index >= 15 is 0 Å². The lowest BCUT2D eigenvalue weighted by Crippen LogP contribution is -2.15. The van der Waals surface area contributed by atoms with Gasteiger partial charge >= 0.3 is 0 Å². The topological polar surface area (TPSA) is 26.0 Å². The Balaban J connectivity index is 3.13. The molecule has 1 heteroatoms. The molecule has 2 N–H and O–H groups in total. The molecule has 1 atom stereocenters. The van der Waals surface area contributed by atoms with Crippen LogP contribution in [-0.4, -0.2) is 6.04 Å². The van der Waals surface area contributed by atoms with Gasteiger partial charge in [-0.1, -0.05) is 38.3 Å². The molecule has 0 amide bonds. The fourth-order valence-corrected chi connectivity index (χ4v) is 0.973. The lowest BCUT2D eigenvalue weighted by atomic mass is 10.1. The maximum atomic E-state index is 5.74. The highest BCUT2D eigenvalue weighted by Gasteiger charge is 1.94. The second kappa shape index (κ2) is 6.81. The SMILES string of the molecule is CC=CC(N)CCCCC. The Bertz CT molecular complexity index is 86.7. The minimum atomic E-state index is 0.288. The molecule has 0 aliphatic heterocycles. The molecule has 60 valence electrons. The molecular weight excluding hydrogens is 122 g/mol. The molecule has 1 nitrogen and oxygen atoms in total. The molecule has 1 unspecified atom stereocenters. The lowest BCUT2D eigenvalue weighted by molar-refractivity contribution is 0.622. The van der Waals surface area contributed by atoms with E-state index in [1.165, 1.54) is 19.3 Å². The number of unbranched alkanes of at least 4 members (excludes halogenated alkanes) is 2. The monoisotopic (exact) mass is 141 g/mol. The van der Waals surface area contributed by atoms with E-state index in [2.05, 4.69) is 13.0 Å². The van der Waals surface area contributed by atoms with Crippen molar-refractivity contribution < 1.29 is 0 Å². The standard InChI is InChI=1S/C9H19N/c1-3-5-6-8-9(10)7-4-2/h4,7,9H,3,5-6,8,10H2,1-2H3. The summed E-state index contributed by atoms with van der Waals surface area (Å²) in [4.78, 5) is 0. The van der Waals surface area contributed by atoms with Crippen LogP contribution in [0, 0.1) is 0 Å². The van der Waals surface area contributed by atoms with Gasteiger partial charge < -0.3 is 5.73 Å². The van der Waals surface area contributed by atoms with Crippen LogP contribution in [-0.2, 0) is 0 Å². The molecule has 0 saturated heterocycles. The van der Waals surface area contributed by atoms with Gasteiger partial charge in [-0.15, -0.1) is 0 Å². The Morgan fingerprint density at radius 2 is 2.10 bits per heavy atom. The van der Waals surface area contributed by atoms with Crippen molar-refractivity contribution in [1.29, 1.82) is 0 Å². The quantitative estimate of drug-likeness (QED) is 0.462. The van der Waals surface area contributed by atoms with Gasteiger partial charge in [0.15, 0.2) is 0 Å². The first kappa shape index (κ1) is 9.70. The fraction of sp³-hybridized carbons (Fsp3) is 0.778. The van der Waals surface area contributed by atoms with Gasteiger partial charge in [0.25, 0.3) is 0 Å². The largest absolute Gasteiger partial charge is 0.324 e. The molecule has 0 aliphatic rings. The van der Waals surface area contributed by atoms with Crippen molar-refractivity contribution in [3.05, 3.63) is 12.2 Å². The fourth-order valence-electron chi connectivity index (χ4n) is 0.973. The van der Waals surface area contributed by atoms with Crippen molar-refractivity contribution in [3.63, 3.8) is 0 Å². The predicted molar refractivity (Wildman–Crippen MR) is 46.9 cm³/mol. The third-order valence-electron chi connectivity index (χ3n) is 1.58. The average molecular weight is 141 g/mol. The van der Waals surface area contributed by atoms with Crippen molar-refractivity contribution in [1.82, 2.24) is 0 Å². The minimum absolute atomic E-state index is 0.288. The Labute approximate surface area is 64.3 Å². The highest BCUT2D eigenvalue weighted by Crippen LogP contribution is 2.01. The highest BCUT2D eigenvalue weighted by atomic mass is 14.6. The van der Waals surface area contributed by atoms with Crippen LogP contribution in [0.15, 0.2) is 12.2 Å². The molecule has 10 heavy (non-hydrogen) atoms. The van der Waals surface area contributed by atoms with Gasteiger partial charge in [-0.3, -0.25) is 0 Å². The van der Waals surface area contributed by atoms with Crippen LogP contribution in [0.3, 0.4) is 0 Å². The summed E-state index contributed by atoms with van der Waals surface area (Å²) < 4.78 is 0. The summed E-state index contributed by atoms with van der Waals surface area (Å²) in [6.45, 7) is 4.22. The lowest BCUT2D eigenvalue weighted by Gasteiger charge is -2.03. The first-order chi connectivity index (χ1) is 4.81. The van der Waals surface area contributed by atoms with Crippen LogP contribution in [0.2, 0.25) is 0 Å². The molecular formula is C9H19N. The van der Waals surface area contributed by atoms with Gasteiger partial charge in [0.2, 0.25) is 0 Å². The van der Waals surface area contributed by atoms with Crippen LogP contribution >= 0.6 is 0 Å². The van der Waals surface area contributed by atoms with E-state index in [0.29, 0.717) is 0 Å². The maximum Gasteiger partial charge on any atom is 0.0223 e. The maximum absolute atomic E-state index is 5.74. The van der Waals surface area contributed by atoms with Crippen molar-refractivity contribution in [2.24, 2.45) is 5.73 Å². The molecule has 0 aromatic rings. The van der Waals surface area contributed by atoms with Crippen molar-refractivity contribution in [2.45, 2.75) is 45.6 Å². The third-order valence-corrected chi connectivity index (χ3v) is 1.58. The van der Waals surface area contributed by atoms with Crippen LogP contribution in [0.4, 0.5) is 0 Å². The Kier molecular flexibility index (Phi) is 6.61. The van der Waals surface area contributed by atoms with Gasteiger partial charge in [-0.2, -0.15) is 0 Å². The number of nitrogens with two attached hydrogens (primary N) is 1. The van der Waals surface area contributed by atoms with E-state index in [-0.39, 0.29) is 6.04 Å². The van der Waals surface area contributed by atoms with Crippen molar-refractivity contribution in [2.75, 3.05) is 0 Å².